The Morgan fingerprint density at radius 3 is 2.65 bits per heavy atom. The number of rotatable bonds is 2. The number of carbonyl (C=O) groups is 1. The molecule has 0 aromatic carbocycles. The molecule has 17 heavy (non-hydrogen) atoms. The van der Waals surface area contributed by atoms with Crippen LogP contribution in [-0.4, -0.2) is 6.29 Å². The van der Waals surface area contributed by atoms with E-state index in [2.05, 4.69) is 33.8 Å². The van der Waals surface area contributed by atoms with Crippen LogP contribution < -0.4 is 0 Å². The van der Waals surface area contributed by atoms with Crippen LogP contribution in [-0.2, 0) is 4.79 Å². The monoisotopic (exact) mass is 232 g/mol. The summed E-state index contributed by atoms with van der Waals surface area (Å²) in [6.07, 6.45) is 8.94. The van der Waals surface area contributed by atoms with E-state index in [0.29, 0.717) is 11.8 Å². The normalized spacial score (nSPS) is 31.9. The number of allylic oxidation sites excluding steroid dienone is 4. The molecule has 0 aromatic rings. The van der Waals surface area contributed by atoms with Crippen LogP contribution in [0.1, 0.15) is 59.8 Å². The first-order valence-corrected chi connectivity index (χ1v) is 6.76. The molecule has 0 N–H and O–H groups in total. The predicted octanol–water partition coefficient (Wildman–Crippen LogP) is 4.44. The van der Waals surface area contributed by atoms with Crippen LogP contribution in [0.2, 0.25) is 0 Å². The minimum Gasteiger partial charge on any atom is -0.303 e. The van der Waals surface area contributed by atoms with E-state index in [1.165, 1.54) is 30.4 Å². The van der Waals surface area contributed by atoms with Crippen molar-refractivity contribution in [3.05, 3.63) is 22.8 Å². The number of hydrogen-bond acceptors (Lipinski definition) is 1. The van der Waals surface area contributed by atoms with Gasteiger partial charge in [0.2, 0.25) is 0 Å². The van der Waals surface area contributed by atoms with Crippen molar-refractivity contribution in [2.45, 2.75) is 59.8 Å². The Bertz CT molecular complexity index is 398. The Hall–Kier alpha value is -0.850. The van der Waals surface area contributed by atoms with Gasteiger partial charge in [0.1, 0.15) is 6.29 Å². The molecule has 1 heteroatoms. The summed E-state index contributed by atoms with van der Waals surface area (Å²) in [4.78, 5) is 10.9. The maximum Gasteiger partial charge on any atom is 0.124 e. The Balaban J connectivity index is 2.47. The van der Waals surface area contributed by atoms with Crippen LogP contribution in [0.3, 0.4) is 0 Å². The van der Waals surface area contributed by atoms with Gasteiger partial charge < -0.3 is 4.79 Å². The zero-order valence-electron chi connectivity index (χ0n) is 11.6. The van der Waals surface area contributed by atoms with Gasteiger partial charge in [-0.15, -0.1) is 0 Å². The molecule has 1 fully saturated rings. The quantitative estimate of drug-likeness (QED) is 0.508. The average Bonchev–Trinajstić information content (AvgIpc) is 2.22. The minimum atomic E-state index is 0.158. The second-order valence-electron chi connectivity index (χ2n) is 6.52. The van der Waals surface area contributed by atoms with Gasteiger partial charge in [0.15, 0.2) is 0 Å². The van der Waals surface area contributed by atoms with Gasteiger partial charge in [-0.3, -0.25) is 0 Å². The summed E-state index contributed by atoms with van der Waals surface area (Å²) in [6.45, 7) is 9.26. The lowest BCUT2D eigenvalue weighted by Gasteiger charge is -2.50. The maximum absolute atomic E-state index is 10.9. The molecule has 1 nitrogen and oxygen atoms in total. The highest BCUT2D eigenvalue weighted by Crippen LogP contribution is 2.57. The van der Waals surface area contributed by atoms with Crippen LogP contribution in [0.25, 0.3) is 0 Å². The third-order valence-electron chi connectivity index (χ3n) is 4.88. The van der Waals surface area contributed by atoms with Crippen LogP contribution in [0.4, 0.5) is 0 Å². The lowest BCUT2D eigenvalue weighted by Crippen LogP contribution is -2.38. The van der Waals surface area contributed by atoms with Gasteiger partial charge in [-0.05, 0) is 31.6 Å². The number of fused-ring (bicyclic) bond motifs is 1. The standard InChI is InChI=1S/C16H24O/c1-12-6-7-14-15(2,3)9-5-10-16(14,4)13(12)8-11-17/h7,11H,5-6,8-10H2,1-4H3/t16-/m1/s1. The van der Waals surface area contributed by atoms with E-state index in [-0.39, 0.29) is 5.41 Å². The maximum atomic E-state index is 10.9. The molecule has 0 unspecified atom stereocenters. The van der Waals surface area contributed by atoms with Crippen molar-refractivity contribution < 1.29 is 4.79 Å². The molecular weight excluding hydrogens is 208 g/mol. The molecule has 2 aliphatic carbocycles. The molecule has 0 heterocycles. The van der Waals surface area contributed by atoms with Crippen molar-refractivity contribution in [2.75, 3.05) is 0 Å². The Morgan fingerprint density at radius 1 is 1.29 bits per heavy atom. The van der Waals surface area contributed by atoms with Crippen LogP contribution in [0.5, 0.6) is 0 Å². The van der Waals surface area contributed by atoms with Crippen molar-refractivity contribution >= 4 is 6.29 Å². The second kappa shape index (κ2) is 4.12. The summed E-state index contributed by atoms with van der Waals surface area (Å²) >= 11 is 0. The second-order valence-corrected chi connectivity index (χ2v) is 6.52. The molecule has 0 aliphatic heterocycles. The SMILES string of the molecule is CC1=C(CC=O)[C@@]2(C)CCCC(C)(C)C2=CC1. The molecule has 0 amide bonds. The van der Waals surface area contributed by atoms with E-state index in [1.807, 2.05) is 0 Å². The predicted molar refractivity (Wildman–Crippen MR) is 71.8 cm³/mol. The molecular formula is C16H24O. The molecule has 0 aromatic heterocycles. The van der Waals surface area contributed by atoms with E-state index in [0.717, 1.165) is 12.7 Å². The number of carbonyl (C=O) groups excluding carboxylic acids is 1. The highest BCUT2D eigenvalue weighted by molar-refractivity contribution is 5.58. The van der Waals surface area contributed by atoms with E-state index in [9.17, 15) is 4.79 Å². The van der Waals surface area contributed by atoms with E-state index in [4.69, 9.17) is 0 Å². The van der Waals surface area contributed by atoms with Gasteiger partial charge in [0, 0.05) is 11.8 Å². The first-order valence-electron chi connectivity index (χ1n) is 6.76. The number of aldehydes is 1. The fourth-order valence-corrected chi connectivity index (χ4v) is 4.05. The van der Waals surface area contributed by atoms with Gasteiger partial charge in [-0.2, -0.15) is 0 Å². The molecule has 0 bridgehead atoms. The molecule has 0 radical (unpaired) electrons. The van der Waals surface area contributed by atoms with Crippen LogP contribution in [0.15, 0.2) is 22.8 Å². The van der Waals surface area contributed by atoms with Crippen molar-refractivity contribution in [2.24, 2.45) is 10.8 Å². The summed E-state index contributed by atoms with van der Waals surface area (Å²) < 4.78 is 0. The molecule has 0 saturated heterocycles. The number of hydrogen-bond donors (Lipinski definition) is 0. The van der Waals surface area contributed by atoms with Crippen molar-refractivity contribution in [1.29, 1.82) is 0 Å². The average molecular weight is 232 g/mol. The Morgan fingerprint density at radius 2 is 2.00 bits per heavy atom. The van der Waals surface area contributed by atoms with Crippen LogP contribution >= 0.6 is 0 Å². The van der Waals surface area contributed by atoms with Gasteiger partial charge >= 0.3 is 0 Å². The lowest BCUT2D eigenvalue weighted by molar-refractivity contribution is -0.107. The molecule has 1 saturated carbocycles. The molecule has 1 atom stereocenters. The van der Waals surface area contributed by atoms with Crippen molar-refractivity contribution in [1.82, 2.24) is 0 Å². The van der Waals surface area contributed by atoms with Gasteiger partial charge in [-0.25, -0.2) is 0 Å². The largest absolute Gasteiger partial charge is 0.303 e. The lowest BCUT2D eigenvalue weighted by atomic mass is 9.55. The van der Waals surface area contributed by atoms with E-state index >= 15 is 0 Å². The zero-order valence-corrected chi connectivity index (χ0v) is 11.6. The first-order chi connectivity index (χ1) is 7.92. The summed E-state index contributed by atoms with van der Waals surface area (Å²) in [5.74, 6) is 0. The third-order valence-corrected chi connectivity index (χ3v) is 4.88. The van der Waals surface area contributed by atoms with Gasteiger partial charge in [0.25, 0.3) is 0 Å². The molecule has 2 rings (SSSR count). The summed E-state index contributed by atoms with van der Waals surface area (Å²) in [5, 5.41) is 0. The first kappa shape index (κ1) is 12.6. The van der Waals surface area contributed by atoms with E-state index in [1.54, 1.807) is 5.57 Å². The molecule has 0 spiro atoms. The third kappa shape index (κ3) is 1.90. The highest BCUT2D eigenvalue weighted by Gasteiger charge is 2.45. The van der Waals surface area contributed by atoms with Gasteiger partial charge in [-0.1, -0.05) is 50.0 Å². The smallest absolute Gasteiger partial charge is 0.124 e. The Labute approximate surface area is 105 Å². The molecule has 94 valence electrons. The summed E-state index contributed by atoms with van der Waals surface area (Å²) in [5.41, 5.74) is 4.87. The fraction of sp³-hybridized carbons (Fsp3) is 0.688. The topological polar surface area (TPSA) is 17.1 Å². The van der Waals surface area contributed by atoms with E-state index < -0.39 is 0 Å². The summed E-state index contributed by atoms with van der Waals surface area (Å²) in [7, 11) is 0. The summed E-state index contributed by atoms with van der Waals surface area (Å²) in [6, 6.07) is 0. The highest BCUT2D eigenvalue weighted by atomic mass is 16.1. The van der Waals surface area contributed by atoms with Crippen molar-refractivity contribution in [3.8, 4) is 0 Å². The fourth-order valence-electron chi connectivity index (χ4n) is 4.05. The minimum absolute atomic E-state index is 0.158. The van der Waals surface area contributed by atoms with Gasteiger partial charge in [0.05, 0.1) is 0 Å². The zero-order chi connectivity index (χ0) is 12.7. The van der Waals surface area contributed by atoms with Crippen LogP contribution in [0, 0.1) is 10.8 Å². The Kier molecular flexibility index (Phi) is 3.05. The van der Waals surface area contributed by atoms with Crippen molar-refractivity contribution in [3.63, 3.8) is 0 Å². The molecule has 2 aliphatic rings.